The van der Waals surface area contributed by atoms with Crippen molar-refractivity contribution in [2.24, 2.45) is 0 Å². The van der Waals surface area contributed by atoms with Crippen LogP contribution in [0.15, 0.2) is 97.1 Å². The van der Waals surface area contributed by atoms with Crippen molar-refractivity contribution in [3.8, 4) is 23.0 Å². The Morgan fingerprint density at radius 1 is 0.583 bits per heavy atom. The Balaban J connectivity index is 1.54. The molecular formula is C29H22Cl4O3. The minimum absolute atomic E-state index is 0.0766. The molecule has 0 bridgehead atoms. The largest absolute Gasteiger partial charge is 0.457 e. The first kappa shape index (κ1) is 26.4. The highest BCUT2D eigenvalue weighted by molar-refractivity contribution is 6.30. The quantitative estimate of drug-likeness (QED) is 0.181. The number of carbonyl (C=O) groups is 1. The molecule has 2 unspecified atom stereocenters. The van der Waals surface area contributed by atoms with E-state index in [1.165, 1.54) is 0 Å². The summed E-state index contributed by atoms with van der Waals surface area (Å²) in [7, 11) is 0. The van der Waals surface area contributed by atoms with Crippen LogP contribution in [0.25, 0.3) is 0 Å². The summed E-state index contributed by atoms with van der Waals surface area (Å²) >= 11 is 24.5. The predicted octanol–water partition coefficient (Wildman–Crippen LogP) is 9.49. The Labute approximate surface area is 230 Å². The van der Waals surface area contributed by atoms with Gasteiger partial charge in [0.2, 0.25) is 0 Å². The summed E-state index contributed by atoms with van der Waals surface area (Å²) in [6.07, 6.45) is 0. The van der Waals surface area contributed by atoms with Crippen molar-refractivity contribution in [3.63, 3.8) is 0 Å². The van der Waals surface area contributed by atoms with Gasteiger partial charge in [-0.1, -0.05) is 47.5 Å². The molecule has 4 rings (SSSR count). The van der Waals surface area contributed by atoms with Gasteiger partial charge in [-0.3, -0.25) is 4.79 Å². The van der Waals surface area contributed by atoms with Crippen LogP contribution >= 0.6 is 46.4 Å². The molecule has 0 heterocycles. The molecule has 0 aromatic heterocycles. The lowest BCUT2D eigenvalue weighted by molar-refractivity contribution is -0.121. The number of carbonyl (C=O) groups excluding carboxylic acids is 1. The molecule has 0 amide bonds. The lowest BCUT2D eigenvalue weighted by Gasteiger charge is -2.21. The molecule has 4 aromatic rings. The molecule has 0 saturated carbocycles. The van der Waals surface area contributed by atoms with Crippen LogP contribution < -0.4 is 9.47 Å². The van der Waals surface area contributed by atoms with Crippen LogP contribution in [-0.4, -0.2) is 17.5 Å². The van der Waals surface area contributed by atoms with Crippen LogP contribution in [0.2, 0.25) is 10.0 Å². The highest BCUT2D eigenvalue weighted by Gasteiger charge is 2.29. The zero-order chi connectivity index (χ0) is 25.5. The molecule has 0 saturated heterocycles. The van der Waals surface area contributed by atoms with E-state index in [2.05, 4.69) is 0 Å². The summed E-state index contributed by atoms with van der Waals surface area (Å²) in [4.78, 5) is 13.6. The first-order valence-electron chi connectivity index (χ1n) is 11.2. The molecule has 0 aliphatic rings. The number of ketones is 1. The van der Waals surface area contributed by atoms with Gasteiger partial charge in [-0.15, -0.1) is 23.2 Å². The first-order chi connectivity index (χ1) is 17.5. The Bertz CT molecular complexity index is 1210. The van der Waals surface area contributed by atoms with Gasteiger partial charge in [0.1, 0.15) is 28.8 Å². The maximum atomic E-state index is 13.6. The van der Waals surface area contributed by atoms with E-state index in [0.717, 1.165) is 11.1 Å². The third-order valence-corrected chi connectivity index (χ3v) is 6.74. The van der Waals surface area contributed by atoms with Gasteiger partial charge in [0.25, 0.3) is 0 Å². The second kappa shape index (κ2) is 12.5. The van der Waals surface area contributed by atoms with Crippen LogP contribution in [0, 0.1) is 0 Å². The molecular weight excluding hydrogens is 538 g/mol. The molecule has 0 aliphatic carbocycles. The van der Waals surface area contributed by atoms with Gasteiger partial charge in [0.15, 0.2) is 0 Å². The van der Waals surface area contributed by atoms with E-state index in [1.807, 2.05) is 48.5 Å². The normalized spacial score (nSPS) is 12.6. The number of benzene rings is 4. The van der Waals surface area contributed by atoms with Crippen molar-refractivity contribution in [1.82, 2.24) is 0 Å². The minimum Gasteiger partial charge on any atom is -0.457 e. The van der Waals surface area contributed by atoms with Crippen LogP contribution in [0.4, 0.5) is 0 Å². The van der Waals surface area contributed by atoms with Gasteiger partial charge in [-0.25, -0.2) is 0 Å². The lowest BCUT2D eigenvalue weighted by Crippen LogP contribution is -2.23. The summed E-state index contributed by atoms with van der Waals surface area (Å²) in [5.41, 5.74) is 1.51. The SMILES string of the molecule is O=C(C(CCl)c1cccc(Oc2ccc(Cl)cc2)c1)C(CCl)c1cccc(Oc2ccc(Cl)cc2)c1. The summed E-state index contributed by atoms with van der Waals surface area (Å²) in [6, 6.07) is 28.8. The molecule has 0 aliphatic heterocycles. The third-order valence-electron chi connectivity index (χ3n) is 5.62. The van der Waals surface area contributed by atoms with E-state index in [0.29, 0.717) is 33.0 Å². The highest BCUT2D eigenvalue weighted by atomic mass is 35.5. The molecule has 0 radical (unpaired) electrons. The van der Waals surface area contributed by atoms with E-state index in [1.54, 1.807) is 48.5 Å². The van der Waals surface area contributed by atoms with Crippen LogP contribution in [0.3, 0.4) is 0 Å². The molecule has 0 spiro atoms. The summed E-state index contributed by atoms with van der Waals surface area (Å²) in [5.74, 6) is 1.48. The molecule has 4 aromatic carbocycles. The molecule has 184 valence electrons. The van der Waals surface area contributed by atoms with Crippen molar-refractivity contribution < 1.29 is 14.3 Å². The standard InChI is InChI=1S/C29H22Cl4O3/c30-17-27(19-3-1-5-25(15-19)35-23-11-7-21(32)8-12-23)29(34)28(18-31)20-4-2-6-26(16-20)36-24-13-9-22(33)10-14-24/h1-16,27-28H,17-18H2. The van der Waals surface area contributed by atoms with Crippen molar-refractivity contribution in [3.05, 3.63) is 118 Å². The predicted molar refractivity (Wildman–Crippen MR) is 148 cm³/mol. The zero-order valence-electron chi connectivity index (χ0n) is 19.0. The number of halogens is 4. The van der Waals surface area contributed by atoms with Crippen LogP contribution in [0.1, 0.15) is 23.0 Å². The molecule has 3 nitrogen and oxygen atoms in total. The van der Waals surface area contributed by atoms with Crippen LogP contribution in [0.5, 0.6) is 23.0 Å². The summed E-state index contributed by atoms with van der Waals surface area (Å²) in [6.45, 7) is 0. The van der Waals surface area contributed by atoms with E-state index in [9.17, 15) is 4.79 Å². The first-order valence-corrected chi connectivity index (χ1v) is 13.0. The second-order valence-electron chi connectivity index (χ2n) is 8.07. The number of ether oxygens (including phenoxy) is 2. The minimum atomic E-state index is -0.565. The van der Waals surface area contributed by atoms with E-state index < -0.39 is 11.8 Å². The molecule has 0 N–H and O–H groups in total. The van der Waals surface area contributed by atoms with Gasteiger partial charge in [0.05, 0.1) is 11.8 Å². The zero-order valence-corrected chi connectivity index (χ0v) is 22.1. The van der Waals surface area contributed by atoms with Gasteiger partial charge >= 0.3 is 0 Å². The Morgan fingerprint density at radius 2 is 0.972 bits per heavy atom. The maximum Gasteiger partial charge on any atom is 0.150 e. The average Bonchev–Trinajstić information content (AvgIpc) is 2.88. The average molecular weight is 560 g/mol. The van der Waals surface area contributed by atoms with Gasteiger partial charge < -0.3 is 9.47 Å². The molecule has 0 fully saturated rings. The monoisotopic (exact) mass is 558 g/mol. The van der Waals surface area contributed by atoms with Gasteiger partial charge in [-0.2, -0.15) is 0 Å². The lowest BCUT2D eigenvalue weighted by atomic mass is 9.85. The van der Waals surface area contributed by atoms with E-state index >= 15 is 0 Å². The maximum absolute atomic E-state index is 13.6. The Hall–Kier alpha value is -2.69. The fraction of sp³-hybridized carbons (Fsp3) is 0.138. The van der Waals surface area contributed by atoms with E-state index in [4.69, 9.17) is 55.9 Å². The molecule has 36 heavy (non-hydrogen) atoms. The fourth-order valence-electron chi connectivity index (χ4n) is 3.77. The van der Waals surface area contributed by atoms with Crippen molar-refractivity contribution in [2.75, 3.05) is 11.8 Å². The summed E-state index contributed by atoms with van der Waals surface area (Å²) < 4.78 is 11.9. The third kappa shape index (κ3) is 6.74. The Morgan fingerprint density at radius 3 is 1.33 bits per heavy atom. The fourth-order valence-corrected chi connectivity index (χ4v) is 4.68. The number of hydrogen-bond acceptors (Lipinski definition) is 3. The smallest absolute Gasteiger partial charge is 0.150 e. The number of Topliss-reactive ketones (excluding diaryl/α,β-unsaturated/α-hetero) is 1. The number of rotatable bonds is 10. The number of alkyl halides is 2. The van der Waals surface area contributed by atoms with Crippen LogP contribution in [-0.2, 0) is 4.79 Å². The van der Waals surface area contributed by atoms with E-state index in [-0.39, 0.29) is 17.5 Å². The Kier molecular flexibility index (Phi) is 9.17. The second-order valence-corrected chi connectivity index (χ2v) is 9.56. The topological polar surface area (TPSA) is 35.5 Å². The van der Waals surface area contributed by atoms with Crippen molar-refractivity contribution in [1.29, 1.82) is 0 Å². The van der Waals surface area contributed by atoms with Crippen molar-refractivity contribution in [2.45, 2.75) is 11.8 Å². The highest BCUT2D eigenvalue weighted by Crippen LogP contribution is 2.33. The van der Waals surface area contributed by atoms with Gasteiger partial charge in [0, 0.05) is 21.8 Å². The molecule has 2 atom stereocenters. The summed E-state index contributed by atoms with van der Waals surface area (Å²) in [5, 5.41) is 1.25. The van der Waals surface area contributed by atoms with Crippen molar-refractivity contribution >= 4 is 52.2 Å². The number of hydrogen-bond donors (Lipinski definition) is 0. The molecule has 7 heteroatoms. The van der Waals surface area contributed by atoms with Gasteiger partial charge in [-0.05, 0) is 83.9 Å².